The molecule has 7 nitrogen and oxygen atoms in total. The lowest BCUT2D eigenvalue weighted by molar-refractivity contribution is -0.139. The van der Waals surface area contributed by atoms with Gasteiger partial charge in [0.1, 0.15) is 5.82 Å². The Morgan fingerprint density at radius 2 is 2.23 bits per heavy atom. The van der Waals surface area contributed by atoms with Gasteiger partial charge in [-0.3, -0.25) is 9.59 Å². The van der Waals surface area contributed by atoms with Crippen molar-refractivity contribution in [3.63, 3.8) is 0 Å². The normalized spacial score (nSPS) is 18.5. The first-order valence-corrected chi connectivity index (χ1v) is 7.34. The summed E-state index contributed by atoms with van der Waals surface area (Å²) in [4.78, 5) is 33.8. The number of morpholine rings is 1. The largest absolute Gasteiger partial charge is 0.481 e. The van der Waals surface area contributed by atoms with Gasteiger partial charge in [-0.15, -0.1) is 0 Å². The molecule has 1 aromatic heterocycles. The number of carbonyl (C=O) groups is 2. The highest BCUT2D eigenvalue weighted by molar-refractivity contribution is 5.95. The number of aliphatic carboxylic acids is 1. The molecule has 1 fully saturated rings. The van der Waals surface area contributed by atoms with E-state index in [1.54, 1.807) is 11.8 Å². The molecule has 0 unspecified atom stereocenters. The topological polar surface area (TPSA) is 92.6 Å². The molecule has 1 aromatic rings. The summed E-state index contributed by atoms with van der Waals surface area (Å²) in [5.41, 5.74) is 1.03. The molecule has 1 amide bonds. The minimum absolute atomic E-state index is 0.129. The lowest BCUT2D eigenvalue weighted by Crippen LogP contribution is -2.49. The van der Waals surface area contributed by atoms with Crippen molar-refractivity contribution in [2.75, 3.05) is 19.8 Å². The van der Waals surface area contributed by atoms with Crippen molar-refractivity contribution in [1.82, 2.24) is 14.9 Å². The fourth-order valence-corrected chi connectivity index (χ4v) is 2.42. The number of hydrogen-bond acceptors (Lipinski definition) is 5. The molecule has 2 heterocycles. The summed E-state index contributed by atoms with van der Waals surface area (Å²) in [6.07, 6.45) is 1.41. The molecule has 120 valence electrons. The van der Waals surface area contributed by atoms with E-state index in [-0.39, 0.29) is 24.9 Å². The van der Waals surface area contributed by atoms with Gasteiger partial charge in [-0.1, -0.05) is 13.8 Å². The van der Waals surface area contributed by atoms with Gasteiger partial charge in [-0.05, 0) is 6.92 Å². The number of hydrogen-bond donors (Lipinski definition) is 1. The summed E-state index contributed by atoms with van der Waals surface area (Å²) >= 11 is 0. The van der Waals surface area contributed by atoms with Crippen molar-refractivity contribution in [2.24, 2.45) is 0 Å². The van der Waals surface area contributed by atoms with Crippen LogP contribution in [-0.2, 0) is 9.53 Å². The predicted molar refractivity (Wildman–Crippen MR) is 78.8 cm³/mol. The van der Waals surface area contributed by atoms with Crippen molar-refractivity contribution in [3.05, 3.63) is 23.3 Å². The Balaban J connectivity index is 2.23. The van der Waals surface area contributed by atoms with Gasteiger partial charge in [0.05, 0.1) is 36.9 Å². The highest BCUT2D eigenvalue weighted by atomic mass is 16.5. The van der Waals surface area contributed by atoms with Gasteiger partial charge in [0, 0.05) is 18.7 Å². The first-order valence-electron chi connectivity index (χ1n) is 7.34. The Hall–Kier alpha value is -2.02. The molecular weight excluding hydrogens is 286 g/mol. The Morgan fingerprint density at radius 3 is 2.82 bits per heavy atom. The molecule has 1 aliphatic heterocycles. The average molecular weight is 307 g/mol. The van der Waals surface area contributed by atoms with Crippen molar-refractivity contribution >= 4 is 11.9 Å². The molecule has 0 bridgehead atoms. The van der Waals surface area contributed by atoms with Crippen molar-refractivity contribution in [2.45, 2.75) is 39.2 Å². The molecule has 1 saturated heterocycles. The highest BCUT2D eigenvalue weighted by Crippen LogP contribution is 2.18. The van der Waals surface area contributed by atoms with Crippen LogP contribution in [0.15, 0.2) is 6.20 Å². The SMILES string of the molecule is Cc1nc(C(C)C)ncc1C(=O)N1CCOC[C@@H]1CC(=O)O. The van der Waals surface area contributed by atoms with E-state index in [0.717, 1.165) is 0 Å². The fourth-order valence-electron chi connectivity index (χ4n) is 2.42. The minimum Gasteiger partial charge on any atom is -0.481 e. The Morgan fingerprint density at radius 1 is 1.50 bits per heavy atom. The summed E-state index contributed by atoms with van der Waals surface area (Å²) in [5, 5.41) is 8.97. The zero-order chi connectivity index (χ0) is 16.3. The third-order valence-electron chi connectivity index (χ3n) is 3.64. The predicted octanol–water partition coefficient (Wildman–Crippen LogP) is 1.22. The van der Waals surface area contributed by atoms with Crippen molar-refractivity contribution in [1.29, 1.82) is 0 Å². The average Bonchev–Trinajstić information content (AvgIpc) is 2.46. The van der Waals surface area contributed by atoms with Crippen LogP contribution in [-0.4, -0.2) is 57.7 Å². The standard InChI is InChI=1S/C15H21N3O4/c1-9(2)14-16-7-12(10(3)17-14)15(21)18-4-5-22-8-11(18)6-13(19)20/h7,9,11H,4-6,8H2,1-3H3,(H,19,20)/t11-/m0/s1. The number of carboxylic acid groups (broad SMARTS) is 1. The zero-order valence-corrected chi connectivity index (χ0v) is 13.1. The lowest BCUT2D eigenvalue weighted by Gasteiger charge is -2.35. The fraction of sp³-hybridized carbons (Fsp3) is 0.600. The van der Waals surface area contributed by atoms with Crippen LogP contribution < -0.4 is 0 Å². The van der Waals surface area contributed by atoms with Gasteiger partial charge in [-0.25, -0.2) is 9.97 Å². The third-order valence-corrected chi connectivity index (χ3v) is 3.64. The Labute approximate surface area is 129 Å². The molecule has 1 atom stereocenters. The molecule has 0 radical (unpaired) electrons. The van der Waals surface area contributed by atoms with Crippen LogP contribution >= 0.6 is 0 Å². The molecule has 7 heteroatoms. The summed E-state index contributed by atoms with van der Waals surface area (Å²) in [6.45, 7) is 6.77. The second-order valence-corrected chi connectivity index (χ2v) is 5.71. The van der Waals surface area contributed by atoms with Gasteiger partial charge in [-0.2, -0.15) is 0 Å². The van der Waals surface area contributed by atoms with Crippen LogP contribution in [0.2, 0.25) is 0 Å². The summed E-state index contributed by atoms with van der Waals surface area (Å²) in [6, 6.07) is -0.456. The third kappa shape index (κ3) is 3.59. The number of carboxylic acids is 1. The van der Waals surface area contributed by atoms with E-state index in [4.69, 9.17) is 9.84 Å². The molecule has 1 aliphatic rings. The molecule has 2 rings (SSSR count). The maximum atomic E-state index is 12.7. The van der Waals surface area contributed by atoms with Gasteiger partial charge in [0.25, 0.3) is 5.91 Å². The van der Waals surface area contributed by atoms with Crippen molar-refractivity contribution < 1.29 is 19.4 Å². The minimum atomic E-state index is -0.948. The molecule has 0 aromatic carbocycles. The number of rotatable bonds is 4. The number of amides is 1. The number of ether oxygens (including phenoxy) is 1. The lowest BCUT2D eigenvalue weighted by atomic mass is 10.1. The van der Waals surface area contributed by atoms with E-state index in [1.165, 1.54) is 6.20 Å². The van der Waals surface area contributed by atoms with E-state index < -0.39 is 12.0 Å². The quantitative estimate of drug-likeness (QED) is 0.899. The van der Waals surface area contributed by atoms with Gasteiger partial charge < -0.3 is 14.7 Å². The first-order chi connectivity index (χ1) is 10.4. The molecule has 1 N–H and O–H groups in total. The van der Waals surface area contributed by atoms with Gasteiger partial charge in [0.15, 0.2) is 0 Å². The number of aryl methyl sites for hydroxylation is 1. The van der Waals surface area contributed by atoms with E-state index in [9.17, 15) is 9.59 Å². The molecule has 0 aliphatic carbocycles. The Bertz CT molecular complexity index is 574. The molecule has 0 spiro atoms. The number of carbonyl (C=O) groups excluding carboxylic acids is 1. The van der Waals surface area contributed by atoms with Crippen LogP contribution in [0.4, 0.5) is 0 Å². The van der Waals surface area contributed by atoms with Crippen LogP contribution in [0.25, 0.3) is 0 Å². The van der Waals surface area contributed by atoms with Crippen LogP contribution in [0.1, 0.15) is 48.1 Å². The molecule has 0 saturated carbocycles. The summed E-state index contributed by atoms with van der Waals surface area (Å²) < 4.78 is 5.29. The second-order valence-electron chi connectivity index (χ2n) is 5.71. The van der Waals surface area contributed by atoms with E-state index in [0.29, 0.717) is 30.2 Å². The van der Waals surface area contributed by atoms with E-state index >= 15 is 0 Å². The zero-order valence-electron chi connectivity index (χ0n) is 13.1. The maximum absolute atomic E-state index is 12.7. The summed E-state index contributed by atoms with van der Waals surface area (Å²) in [7, 11) is 0. The number of nitrogens with zero attached hydrogens (tertiary/aromatic N) is 3. The van der Waals surface area contributed by atoms with Gasteiger partial charge >= 0.3 is 5.97 Å². The van der Waals surface area contributed by atoms with Crippen LogP contribution in [0, 0.1) is 6.92 Å². The molecular formula is C15H21N3O4. The molecule has 22 heavy (non-hydrogen) atoms. The van der Waals surface area contributed by atoms with Crippen LogP contribution in [0.3, 0.4) is 0 Å². The number of aromatic nitrogens is 2. The summed E-state index contributed by atoms with van der Waals surface area (Å²) in [5.74, 6) is -0.303. The van der Waals surface area contributed by atoms with E-state index in [2.05, 4.69) is 9.97 Å². The van der Waals surface area contributed by atoms with Crippen LogP contribution in [0.5, 0.6) is 0 Å². The van der Waals surface area contributed by atoms with Crippen molar-refractivity contribution in [3.8, 4) is 0 Å². The highest BCUT2D eigenvalue weighted by Gasteiger charge is 2.31. The smallest absolute Gasteiger partial charge is 0.305 e. The second kappa shape index (κ2) is 6.83. The first kappa shape index (κ1) is 16.4. The monoisotopic (exact) mass is 307 g/mol. The Kier molecular flexibility index (Phi) is 5.07. The maximum Gasteiger partial charge on any atom is 0.305 e. The van der Waals surface area contributed by atoms with Gasteiger partial charge in [0.2, 0.25) is 0 Å². The van der Waals surface area contributed by atoms with E-state index in [1.807, 2.05) is 13.8 Å².